The van der Waals surface area contributed by atoms with E-state index in [1.54, 1.807) is 24.3 Å². The average molecular weight is 327 g/mol. The van der Waals surface area contributed by atoms with E-state index in [0.717, 1.165) is 6.07 Å². The topological polar surface area (TPSA) is 87.3 Å². The SMILES string of the molecule is O=C1CC(C(=O)NNC(=O)c2ccccc2F)c2ccccc2N1. The highest BCUT2D eigenvalue weighted by molar-refractivity contribution is 6.02. The van der Waals surface area contributed by atoms with Gasteiger partial charge >= 0.3 is 0 Å². The first kappa shape index (κ1) is 15.7. The second-order valence-electron chi connectivity index (χ2n) is 5.32. The lowest BCUT2D eigenvalue weighted by Gasteiger charge is -2.24. The minimum atomic E-state index is -0.769. The van der Waals surface area contributed by atoms with E-state index in [2.05, 4.69) is 16.2 Å². The zero-order valence-electron chi connectivity index (χ0n) is 12.5. The summed E-state index contributed by atoms with van der Waals surface area (Å²) in [7, 11) is 0. The van der Waals surface area contributed by atoms with Gasteiger partial charge in [0.05, 0.1) is 11.5 Å². The molecule has 0 radical (unpaired) electrons. The summed E-state index contributed by atoms with van der Waals surface area (Å²) in [6, 6.07) is 12.4. The summed E-state index contributed by atoms with van der Waals surface area (Å²) in [5, 5.41) is 2.69. The Labute approximate surface area is 137 Å². The summed E-state index contributed by atoms with van der Waals surface area (Å²) >= 11 is 0. The van der Waals surface area contributed by atoms with E-state index in [-0.39, 0.29) is 17.9 Å². The van der Waals surface area contributed by atoms with E-state index in [1.165, 1.54) is 18.2 Å². The van der Waals surface area contributed by atoms with Gasteiger partial charge in [-0.25, -0.2) is 4.39 Å². The summed E-state index contributed by atoms with van der Waals surface area (Å²) in [6.45, 7) is 0. The lowest BCUT2D eigenvalue weighted by atomic mass is 9.90. The number of rotatable bonds is 2. The molecule has 1 aliphatic rings. The van der Waals surface area contributed by atoms with Crippen LogP contribution in [0.3, 0.4) is 0 Å². The van der Waals surface area contributed by atoms with E-state index in [1.807, 2.05) is 0 Å². The van der Waals surface area contributed by atoms with Crippen molar-refractivity contribution in [2.75, 3.05) is 5.32 Å². The summed E-state index contributed by atoms with van der Waals surface area (Å²) in [5.74, 6) is -3.01. The number of hydrazine groups is 1. The van der Waals surface area contributed by atoms with Crippen LogP contribution in [-0.4, -0.2) is 17.7 Å². The van der Waals surface area contributed by atoms with E-state index in [9.17, 15) is 18.8 Å². The molecule has 0 saturated heterocycles. The third-order valence-corrected chi connectivity index (χ3v) is 3.73. The first-order chi connectivity index (χ1) is 11.6. The molecule has 0 saturated carbocycles. The molecule has 6 nitrogen and oxygen atoms in total. The zero-order valence-corrected chi connectivity index (χ0v) is 12.5. The Balaban J connectivity index is 1.71. The van der Waals surface area contributed by atoms with Crippen molar-refractivity contribution in [1.29, 1.82) is 0 Å². The number of hydrogen-bond donors (Lipinski definition) is 3. The molecule has 7 heteroatoms. The van der Waals surface area contributed by atoms with Gasteiger partial charge in [0, 0.05) is 12.1 Å². The van der Waals surface area contributed by atoms with Gasteiger partial charge in [0.15, 0.2) is 0 Å². The molecule has 122 valence electrons. The van der Waals surface area contributed by atoms with Crippen molar-refractivity contribution in [3.63, 3.8) is 0 Å². The Hall–Kier alpha value is -3.22. The minimum absolute atomic E-state index is 0.0293. The lowest BCUT2D eigenvalue weighted by molar-refractivity contribution is -0.126. The number of hydrogen-bond acceptors (Lipinski definition) is 3. The minimum Gasteiger partial charge on any atom is -0.326 e. The normalized spacial score (nSPS) is 15.9. The first-order valence-corrected chi connectivity index (χ1v) is 7.30. The van der Waals surface area contributed by atoms with Gasteiger partial charge in [0.2, 0.25) is 11.8 Å². The predicted octanol–water partition coefficient (Wildman–Crippen LogP) is 1.71. The Morgan fingerprint density at radius 2 is 1.75 bits per heavy atom. The summed E-state index contributed by atoms with van der Waals surface area (Å²) in [5.41, 5.74) is 5.47. The third-order valence-electron chi connectivity index (χ3n) is 3.73. The average Bonchev–Trinajstić information content (AvgIpc) is 2.59. The van der Waals surface area contributed by atoms with Gasteiger partial charge in [-0.1, -0.05) is 30.3 Å². The molecule has 0 spiro atoms. The van der Waals surface area contributed by atoms with Crippen LogP contribution < -0.4 is 16.2 Å². The van der Waals surface area contributed by atoms with Crippen molar-refractivity contribution in [3.8, 4) is 0 Å². The molecule has 0 aliphatic carbocycles. The highest BCUT2D eigenvalue weighted by Crippen LogP contribution is 2.31. The molecule has 2 aromatic rings. The van der Waals surface area contributed by atoms with Crippen LogP contribution >= 0.6 is 0 Å². The Morgan fingerprint density at radius 3 is 2.54 bits per heavy atom. The second kappa shape index (κ2) is 6.49. The number of nitrogens with one attached hydrogen (secondary N) is 3. The maximum absolute atomic E-state index is 13.5. The second-order valence-corrected chi connectivity index (χ2v) is 5.32. The number of carbonyl (C=O) groups excluding carboxylic acids is 3. The van der Waals surface area contributed by atoms with Crippen LogP contribution in [0.15, 0.2) is 48.5 Å². The smallest absolute Gasteiger partial charge is 0.272 e. The van der Waals surface area contributed by atoms with Crippen LogP contribution in [-0.2, 0) is 9.59 Å². The quantitative estimate of drug-likeness (QED) is 0.734. The summed E-state index contributed by atoms with van der Waals surface area (Å²) in [6.07, 6.45) is -0.0293. The number of amides is 3. The van der Waals surface area contributed by atoms with E-state index < -0.39 is 23.5 Å². The molecule has 0 bridgehead atoms. The molecule has 24 heavy (non-hydrogen) atoms. The third kappa shape index (κ3) is 3.10. The van der Waals surface area contributed by atoms with Crippen LogP contribution in [0.5, 0.6) is 0 Å². The van der Waals surface area contributed by atoms with Crippen LogP contribution in [0.1, 0.15) is 28.3 Å². The van der Waals surface area contributed by atoms with Crippen molar-refractivity contribution in [2.45, 2.75) is 12.3 Å². The van der Waals surface area contributed by atoms with Gasteiger partial charge in [-0.15, -0.1) is 0 Å². The highest BCUT2D eigenvalue weighted by Gasteiger charge is 2.30. The van der Waals surface area contributed by atoms with Crippen molar-refractivity contribution >= 4 is 23.4 Å². The first-order valence-electron chi connectivity index (χ1n) is 7.30. The van der Waals surface area contributed by atoms with Crippen molar-refractivity contribution in [2.24, 2.45) is 0 Å². The molecule has 3 rings (SSSR count). The van der Waals surface area contributed by atoms with E-state index in [0.29, 0.717) is 11.3 Å². The number of anilines is 1. The Bertz CT molecular complexity index is 822. The molecule has 3 N–H and O–H groups in total. The van der Waals surface area contributed by atoms with Crippen molar-refractivity contribution in [1.82, 2.24) is 10.9 Å². The number of benzene rings is 2. The molecule has 0 fully saturated rings. The molecule has 1 heterocycles. The maximum Gasteiger partial charge on any atom is 0.272 e. The van der Waals surface area contributed by atoms with Gasteiger partial charge < -0.3 is 5.32 Å². The summed E-state index contributed by atoms with van der Waals surface area (Å²) < 4.78 is 13.5. The van der Waals surface area contributed by atoms with E-state index >= 15 is 0 Å². The fraction of sp³-hybridized carbons (Fsp3) is 0.118. The largest absolute Gasteiger partial charge is 0.326 e. The van der Waals surface area contributed by atoms with Crippen LogP contribution in [0, 0.1) is 5.82 Å². The van der Waals surface area contributed by atoms with Gasteiger partial charge in [-0.05, 0) is 23.8 Å². The van der Waals surface area contributed by atoms with Crippen LogP contribution in [0.25, 0.3) is 0 Å². The van der Waals surface area contributed by atoms with Crippen LogP contribution in [0.4, 0.5) is 10.1 Å². The van der Waals surface area contributed by atoms with Crippen molar-refractivity contribution in [3.05, 3.63) is 65.5 Å². The van der Waals surface area contributed by atoms with Crippen LogP contribution in [0.2, 0.25) is 0 Å². The van der Waals surface area contributed by atoms with E-state index in [4.69, 9.17) is 0 Å². The molecule has 1 aliphatic heterocycles. The molecular weight excluding hydrogens is 313 g/mol. The van der Waals surface area contributed by atoms with Crippen molar-refractivity contribution < 1.29 is 18.8 Å². The number of para-hydroxylation sites is 1. The fourth-order valence-corrected chi connectivity index (χ4v) is 2.56. The highest BCUT2D eigenvalue weighted by atomic mass is 19.1. The summed E-state index contributed by atoms with van der Waals surface area (Å²) in [4.78, 5) is 36.0. The predicted molar refractivity (Wildman–Crippen MR) is 84.4 cm³/mol. The monoisotopic (exact) mass is 327 g/mol. The molecule has 1 unspecified atom stereocenters. The molecule has 0 aromatic heterocycles. The standard InChI is InChI=1S/C17H14FN3O3/c18-13-7-3-1-6-11(13)16(23)20-21-17(24)12-9-15(22)19-14-8-4-2-5-10(12)14/h1-8,12H,9H2,(H,19,22)(H,20,23)(H,21,24). The Morgan fingerprint density at radius 1 is 1.04 bits per heavy atom. The van der Waals surface area contributed by atoms with Gasteiger partial charge in [-0.2, -0.15) is 0 Å². The fourth-order valence-electron chi connectivity index (χ4n) is 2.56. The molecule has 1 atom stereocenters. The van der Waals surface area contributed by atoms with Gasteiger partial charge in [-0.3, -0.25) is 25.2 Å². The Kier molecular flexibility index (Phi) is 4.24. The molecule has 3 amide bonds. The number of fused-ring (bicyclic) bond motifs is 1. The van der Waals surface area contributed by atoms with Gasteiger partial charge in [0.25, 0.3) is 5.91 Å². The lowest BCUT2D eigenvalue weighted by Crippen LogP contribution is -2.45. The number of halogens is 1. The van der Waals surface area contributed by atoms with Gasteiger partial charge in [0.1, 0.15) is 5.82 Å². The molecule has 2 aromatic carbocycles. The molecular formula is C17H14FN3O3. The zero-order chi connectivity index (χ0) is 17.1. The maximum atomic E-state index is 13.5. The number of carbonyl (C=O) groups is 3.